The molecule has 0 fully saturated rings. The molecule has 1 aromatic heterocycles. The van der Waals surface area contributed by atoms with Crippen molar-refractivity contribution < 1.29 is 37.8 Å². The van der Waals surface area contributed by atoms with E-state index in [0.29, 0.717) is 35.5 Å². The van der Waals surface area contributed by atoms with E-state index in [4.69, 9.17) is 10.2 Å². The number of carboxylic acids is 2. The second kappa shape index (κ2) is 16.2. The van der Waals surface area contributed by atoms with Crippen LogP contribution in [-0.4, -0.2) is 60.3 Å². The van der Waals surface area contributed by atoms with Crippen LogP contribution in [0.3, 0.4) is 0 Å². The predicted octanol–water partition coefficient (Wildman–Crippen LogP) is 6.49. The first-order valence-electron chi connectivity index (χ1n) is 16.4. The topological polar surface area (TPSA) is 170 Å². The van der Waals surface area contributed by atoms with Crippen LogP contribution in [0.2, 0.25) is 0 Å². The first-order valence-corrected chi connectivity index (χ1v) is 18.6. The number of carbonyl (C=O) groups is 4. The van der Waals surface area contributed by atoms with Crippen molar-refractivity contribution in [2.75, 3.05) is 24.2 Å². The molecule has 0 saturated heterocycles. The molecular weight excluding hydrogens is 679 g/mol. The van der Waals surface area contributed by atoms with Crippen LogP contribution < -0.4 is 10.6 Å². The minimum absolute atomic E-state index is 0.0440. The second-order valence-corrected chi connectivity index (χ2v) is 15.4. The van der Waals surface area contributed by atoms with E-state index in [-0.39, 0.29) is 34.9 Å². The van der Waals surface area contributed by atoms with Gasteiger partial charge in [-0.3, -0.25) is 14.4 Å². The zero-order valence-corrected chi connectivity index (χ0v) is 29.2. The van der Waals surface area contributed by atoms with Gasteiger partial charge in [0.2, 0.25) is 10.0 Å². The lowest BCUT2D eigenvalue weighted by molar-refractivity contribution is -0.137. The lowest BCUT2D eigenvalue weighted by Gasteiger charge is -2.17. The van der Waals surface area contributed by atoms with Gasteiger partial charge in [-0.2, -0.15) is 0 Å². The maximum Gasteiger partial charge on any atom is 0.335 e. The summed E-state index contributed by atoms with van der Waals surface area (Å²) >= 11 is 1.37. The average molecular weight is 718 g/mol. The van der Waals surface area contributed by atoms with E-state index in [9.17, 15) is 27.6 Å². The molecule has 0 spiro atoms. The molecule has 13 heteroatoms. The van der Waals surface area contributed by atoms with Crippen LogP contribution in [0.5, 0.6) is 0 Å². The molecule has 0 atom stereocenters. The Morgan fingerprint density at radius 3 is 2.12 bits per heavy atom. The molecule has 0 unspecified atom stereocenters. The van der Waals surface area contributed by atoms with Gasteiger partial charge in [-0.05, 0) is 111 Å². The van der Waals surface area contributed by atoms with Crippen molar-refractivity contribution >= 4 is 55.8 Å². The highest BCUT2D eigenvalue weighted by Gasteiger charge is 2.28. The summed E-state index contributed by atoms with van der Waals surface area (Å²) in [5.74, 6) is -2.78. The number of carboxylic acid groups (broad SMARTS) is 2. The van der Waals surface area contributed by atoms with Gasteiger partial charge in [-0.1, -0.05) is 30.3 Å². The summed E-state index contributed by atoms with van der Waals surface area (Å²) in [6.45, 7) is 0.137. The number of aromatic carboxylic acids is 1. The van der Waals surface area contributed by atoms with E-state index in [1.807, 2.05) is 36.4 Å². The number of nitrogens with zero attached hydrogens (tertiary/aromatic N) is 1. The van der Waals surface area contributed by atoms with Gasteiger partial charge < -0.3 is 20.8 Å². The van der Waals surface area contributed by atoms with Gasteiger partial charge in [-0.25, -0.2) is 17.5 Å². The van der Waals surface area contributed by atoms with Gasteiger partial charge in [0, 0.05) is 36.1 Å². The third-order valence-corrected chi connectivity index (χ3v) is 11.7. The van der Waals surface area contributed by atoms with E-state index in [0.717, 1.165) is 58.0 Å². The van der Waals surface area contributed by atoms with Gasteiger partial charge in [-0.15, -0.1) is 11.3 Å². The summed E-state index contributed by atoms with van der Waals surface area (Å²) in [5, 5.41) is 24.2. The minimum Gasteiger partial charge on any atom is -0.481 e. The average Bonchev–Trinajstić information content (AvgIpc) is 3.47. The molecular formula is C37H39N3O8S2. The molecule has 0 bridgehead atoms. The van der Waals surface area contributed by atoms with Crippen LogP contribution in [0.4, 0.5) is 10.7 Å². The molecule has 4 aromatic rings. The largest absolute Gasteiger partial charge is 0.481 e. The standard InChI is InChI=1S/C37H39N3O8S2/c1-40(22-5-4-11-32(41)42)50(47,48)29-8-6-7-27(23-29)34(43)39-36-33(30-9-2-3-10-31(30)49-36)35(44)38-28-20-16-25(17-21-28)13-12-24-14-18-26(19-15-24)37(45)46/h6-8,14-21,23H,2-5,9-13,22H2,1H3,(H,38,44)(H,39,43)(H,41,42)(H,45,46). The number of thiophene rings is 1. The number of unbranched alkanes of at least 4 members (excludes halogenated alkanes) is 1. The Bertz CT molecular complexity index is 1990. The van der Waals surface area contributed by atoms with Crippen molar-refractivity contribution in [2.45, 2.75) is 62.7 Å². The number of benzene rings is 3. The number of amides is 2. The second-order valence-electron chi connectivity index (χ2n) is 12.2. The molecule has 1 aliphatic rings. The van der Waals surface area contributed by atoms with Crippen LogP contribution in [0.25, 0.3) is 0 Å². The Kier molecular flexibility index (Phi) is 11.8. The number of carbonyl (C=O) groups excluding carboxylic acids is 2. The van der Waals surface area contributed by atoms with Crippen LogP contribution in [0.1, 0.15) is 84.7 Å². The zero-order valence-electron chi connectivity index (χ0n) is 27.6. The fourth-order valence-electron chi connectivity index (χ4n) is 5.83. The predicted molar refractivity (Wildman–Crippen MR) is 192 cm³/mol. The van der Waals surface area contributed by atoms with E-state index < -0.39 is 27.9 Å². The van der Waals surface area contributed by atoms with E-state index in [1.165, 1.54) is 42.6 Å². The number of fused-ring (bicyclic) bond motifs is 1. The summed E-state index contributed by atoms with van der Waals surface area (Å²) in [5.41, 5.74) is 4.38. The third kappa shape index (κ3) is 9.03. The first-order chi connectivity index (χ1) is 23.9. The van der Waals surface area contributed by atoms with Crippen molar-refractivity contribution in [2.24, 2.45) is 0 Å². The number of aryl methyl sites for hydroxylation is 3. The van der Waals surface area contributed by atoms with Gasteiger partial charge in [0.05, 0.1) is 16.0 Å². The van der Waals surface area contributed by atoms with Crippen molar-refractivity contribution in [1.82, 2.24) is 4.31 Å². The van der Waals surface area contributed by atoms with Crippen LogP contribution >= 0.6 is 11.3 Å². The van der Waals surface area contributed by atoms with Crippen molar-refractivity contribution in [3.63, 3.8) is 0 Å². The monoisotopic (exact) mass is 717 g/mol. The van der Waals surface area contributed by atoms with Crippen molar-refractivity contribution in [1.29, 1.82) is 0 Å². The quantitative estimate of drug-likeness (QED) is 0.101. The number of anilines is 2. The third-order valence-electron chi connectivity index (χ3n) is 8.66. The number of hydrogen-bond acceptors (Lipinski definition) is 7. The highest BCUT2D eigenvalue weighted by molar-refractivity contribution is 7.89. The molecule has 4 N–H and O–H groups in total. The molecule has 11 nitrogen and oxygen atoms in total. The van der Waals surface area contributed by atoms with Crippen LogP contribution in [-0.2, 0) is 40.5 Å². The fourth-order valence-corrected chi connectivity index (χ4v) is 8.37. The molecule has 0 radical (unpaired) electrons. The first kappa shape index (κ1) is 36.4. The lowest BCUT2D eigenvalue weighted by Crippen LogP contribution is -2.28. The summed E-state index contributed by atoms with van der Waals surface area (Å²) < 4.78 is 27.6. The van der Waals surface area contributed by atoms with Crippen LogP contribution in [0.15, 0.2) is 77.7 Å². The van der Waals surface area contributed by atoms with Gasteiger partial charge in [0.25, 0.3) is 11.8 Å². The molecule has 262 valence electrons. The van der Waals surface area contributed by atoms with E-state index in [1.54, 1.807) is 12.1 Å². The Balaban J connectivity index is 1.27. The highest BCUT2D eigenvalue weighted by atomic mass is 32.2. The molecule has 5 rings (SSSR count). The molecule has 50 heavy (non-hydrogen) atoms. The van der Waals surface area contributed by atoms with Gasteiger partial charge in [0.1, 0.15) is 5.00 Å². The summed E-state index contributed by atoms with van der Waals surface area (Å²) in [6, 6.07) is 20.0. The smallest absolute Gasteiger partial charge is 0.335 e. The molecule has 1 aliphatic carbocycles. The Hall–Kier alpha value is -4.85. The van der Waals surface area contributed by atoms with Crippen molar-refractivity contribution in [3.8, 4) is 0 Å². The van der Waals surface area contributed by atoms with E-state index in [2.05, 4.69) is 10.6 Å². The van der Waals surface area contributed by atoms with Gasteiger partial charge >= 0.3 is 11.9 Å². The Morgan fingerprint density at radius 1 is 0.800 bits per heavy atom. The summed E-state index contributed by atoms with van der Waals surface area (Å²) in [4.78, 5) is 50.1. The van der Waals surface area contributed by atoms with Crippen LogP contribution in [0, 0.1) is 0 Å². The SMILES string of the molecule is CN(CCCCC(=O)O)S(=O)(=O)c1cccc(C(=O)Nc2sc3c(c2C(=O)Nc2ccc(CCc4ccc(C(=O)O)cc4)cc2)CCCC3)c1. The summed E-state index contributed by atoms with van der Waals surface area (Å²) in [6.07, 6.45) is 5.57. The number of nitrogens with one attached hydrogen (secondary N) is 2. The summed E-state index contributed by atoms with van der Waals surface area (Å²) in [7, 11) is -2.51. The van der Waals surface area contributed by atoms with E-state index >= 15 is 0 Å². The minimum atomic E-state index is -3.93. The lowest BCUT2D eigenvalue weighted by atomic mass is 9.95. The number of hydrogen-bond donors (Lipinski definition) is 4. The van der Waals surface area contributed by atoms with Crippen molar-refractivity contribution in [3.05, 3.63) is 111 Å². The maximum atomic E-state index is 13.7. The fraction of sp³-hybridized carbons (Fsp3) is 0.297. The highest BCUT2D eigenvalue weighted by Crippen LogP contribution is 2.39. The number of sulfonamides is 1. The molecule has 2 amide bonds. The molecule has 0 aliphatic heterocycles. The molecule has 0 saturated carbocycles. The molecule has 1 heterocycles. The Morgan fingerprint density at radius 2 is 1.46 bits per heavy atom. The molecule has 3 aromatic carbocycles. The number of rotatable bonds is 15. The maximum absolute atomic E-state index is 13.7. The normalized spacial score (nSPS) is 12.7. The number of aliphatic carboxylic acids is 1. The zero-order chi connectivity index (χ0) is 35.8. The Labute approximate surface area is 295 Å². The van der Waals surface area contributed by atoms with Gasteiger partial charge in [0.15, 0.2) is 0 Å².